The van der Waals surface area contributed by atoms with Crippen LogP contribution in [0.15, 0.2) is 52.1 Å². The van der Waals surface area contributed by atoms with Gasteiger partial charge in [-0.3, -0.25) is 0 Å². The standard InChI is InChI=1S/C21H29N3O4/c1-21(27-14-15-28-21)10-12-23-20(22-11-9-19-4-3-13-26-19)24-16-17-5-7-18(25-2)8-6-17/h3-8,13H,9-12,14-16H2,1-2H3,(H2,22,23,24). The lowest BCUT2D eigenvalue weighted by Crippen LogP contribution is -2.41. The zero-order valence-electron chi connectivity index (χ0n) is 16.6. The summed E-state index contributed by atoms with van der Waals surface area (Å²) in [5.41, 5.74) is 1.11. The van der Waals surface area contributed by atoms with Crippen molar-refractivity contribution in [3.05, 3.63) is 54.0 Å². The van der Waals surface area contributed by atoms with Gasteiger partial charge in [0.2, 0.25) is 0 Å². The highest BCUT2D eigenvalue weighted by molar-refractivity contribution is 5.79. The number of rotatable bonds is 9. The van der Waals surface area contributed by atoms with Crippen LogP contribution in [0.3, 0.4) is 0 Å². The summed E-state index contributed by atoms with van der Waals surface area (Å²) in [7, 11) is 1.66. The molecular weight excluding hydrogens is 358 g/mol. The van der Waals surface area contributed by atoms with E-state index in [1.165, 1.54) is 0 Å². The molecule has 0 unspecified atom stereocenters. The van der Waals surface area contributed by atoms with Gasteiger partial charge in [0.15, 0.2) is 11.7 Å². The quantitative estimate of drug-likeness (QED) is 0.509. The Morgan fingerprint density at radius 2 is 1.86 bits per heavy atom. The number of nitrogens with one attached hydrogen (secondary N) is 2. The molecule has 7 nitrogen and oxygen atoms in total. The van der Waals surface area contributed by atoms with Gasteiger partial charge in [-0.25, -0.2) is 4.99 Å². The summed E-state index contributed by atoms with van der Waals surface area (Å²) in [6.07, 6.45) is 3.23. The van der Waals surface area contributed by atoms with E-state index in [1.807, 2.05) is 43.3 Å². The van der Waals surface area contributed by atoms with E-state index < -0.39 is 5.79 Å². The molecule has 0 saturated carbocycles. The maximum atomic E-state index is 5.66. The molecule has 152 valence electrons. The van der Waals surface area contributed by atoms with Gasteiger partial charge in [0.05, 0.1) is 33.1 Å². The first-order valence-corrected chi connectivity index (χ1v) is 9.62. The summed E-state index contributed by atoms with van der Waals surface area (Å²) >= 11 is 0. The van der Waals surface area contributed by atoms with Crippen molar-refractivity contribution >= 4 is 5.96 Å². The Hall–Kier alpha value is -2.51. The van der Waals surface area contributed by atoms with Gasteiger partial charge in [-0.05, 0) is 36.8 Å². The molecule has 28 heavy (non-hydrogen) atoms. The molecule has 2 heterocycles. The molecule has 1 saturated heterocycles. The molecule has 0 amide bonds. The van der Waals surface area contributed by atoms with Crippen LogP contribution in [0.1, 0.15) is 24.7 Å². The molecule has 0 bridgehead atoms. The molecule has 0 radical (unpaired) electrons. The molecule has 0 aliphatic carbocycles. The van der Waals surface area contributed by atoms with Gasteiger partial charge < -0.3 is 29.3 Å². The second kappa shape index (κ2) is 10.1. The van der Waals surface area contributed by atoms with Crippen molar-refractivity contribution in [3.63, 3.8) is 0 Å². The van der Waals surface area contributed by atoms with Gasteiger partial charge in [-0.15, -0.1) is 0 Å². The monoisotopic (exact) mass is 387 g/mol. The van der Waals surface area contributed by atoms with E-state index in [4.69, 9.17) is 23.6 Å². The summed E-state index contributed by atoms with van der Waals surface area (Å²) in [6.45, 7) is 5.27. The number of nitrogens with zero attached hydrogens (tertiary/aromatic N) is 1. The number of benzene rings is 1. The molecule has 2 N–H and O–H groups in total. The third-order valence-corrected chi connectivity index (χ3v) is 4.59. The molecule has 1 aliphatic rings. The summed E-state index contributed by atoms with van der Waals surface area (Å²) in [5, 5.41) is 6.73. The normalized spacial score (nSPS) is 16.1. The number of hydrogen-bond donors (Lipinski definition) is 2. The van der Waals surface area contributed by atoms with Crippen LogP contribution >= 0.6 is 0 Å². The van der Waals surface area contributed by atoms with Crippen molar-refractivity contribution in [2.45, 2.75) is 32.1 Å². The average Bonchev–Trinajstić information content (AvgIpc) is 3.38. The zero-order chi connectivity index (χ0) is 19.7. The van der Waals surface area contributed by atoms with Crippen LogP contribution in [-0.2, 0) is 22.4 Å². The number of furan rings is 1. The maximum Gasteiger partial charge on any atom is 0.191 e. The van der Waals surface area contributed by atoms with Gasteiger partial charge in [-0.1, -0.05) is 12.1 Å². The van der Waals surface area contributed by atoms with Crippen LogP contribution in [0, 0.1) is 0 Å². The van der Waals surface area contributed by atoms with Gasteiger partial charge >= 0.3 is 0 Å². The Morgan fingerprint density at radius 3 is 2.54 bits per heavy atom. The van der Waals surface area contributed by atoms with Gasteiger partial charge in [0.25, 0.3) is 0 Å². The lowest BCUT2D eigenvalue weighted by atomic mass is 10.2. The predicted molar refractivity (Wildman–Crippen MR) is 107 cm³/mol. The zero-order valence-corrected chi connectivity index (χ0v) is 16.6. The molecule has 1 aromatic heterocycles. The molecule has 1 fully saturated rings. The molecule has 1 aliphatic heterocycles. The van der Waals surface area contributed by atoms with Gasteiger partial charge in [0.1, 0.15) is 11.5 Å². The Morgan fingerprint density at radius 1 is 1.11 bits per heavy atom. The van der Waals surface area contributed by atoms with Crippen molar-refractivity contribution in [2.24, 2.45) is 4.99 Å². The summed E-state index contributed by atoms with van der Waals surface area (Å²) in [4.78, 5) is 4.70. The predicted octanol–water partition coefficient (Wildman–Crippen LogP) is 2.72. The third-order valence-electron chi connectivity index (χ3n) is 4.59. The average molecular weight is 387 g/mol. The van der Waals surface area contributed by atoms with Crippen molar-refractivity contribution < 1.29 is 18.6 Å². The van der Waals surface area contributed by atoms with Crippen molar-refractivity contribution in [3.8, 4) is 5.75 Å². The molecule has 2 aromatic rings. The van der Waals surface area contributed by atoms with Crippen LogP contribution in [0.2, 0.25) is 0 Å². The van der Waals surface area contributed by atoms with Crippen LogP contribution in [0.4, 0.5) is 0 Å². The highest BCUT2D eigenvalue weighted by Gasteiger charge is 2.30. The fourth-order valence-corrected chi connectivity index (χ4v) is 2.94. The third kappa shape index (κ3) is 6.28. The molecule has 3 rings (SSSR count). The van der Waals surface area contributed by atoms with Crippen LogP contribution in [0.5, 0.6) is 5.75 Å². The largest absolute Gasteiger partial charge is 0.497 e. The van der Waals surface area contributed by atoms with E-state index in [2.05, 4.69) is 10.6 Å². The molecule has 7 heteroatoms. The molecular formula is C21H29N3O4. The van der Waals surface area contributed by atoms with Crippen LogP contribution in [0.25, 0.3) is 0 Å². The van der Waals surface area contributed by atoms with E-state index in [9.17, 15) is 0 Å². The lowest BCUT2D eigenvalue weighted by Gasteiger charge is -2.23. The smallest absolute Gasteiger partial charge is 0.191 e. The van der Waals surface area contributed by atoms with E-state index in [1.54, 1.807) is 13.4 Å². The van der Waals surface area contributed by atoms with E-state index in [0.29, 0.717) is 26.3 Å². The number of ether oxygens (including phenoxy) is 3. The van der Waals surface area contributed by atoms with E-state index in [-0.39, 0.29) is 0 Å². The highest BCUT2D eigenvalue weighted by atomic mass is 16.7. The SMILES string of the molecule is COc1ccc(CN=C(NCCc2ccco2)NCCC2(C)OCCO2)cc1. The van der Waals surface area contributed by atoms with Crippen LogP contribution < -0.4 is 15.4 Å². The fraction of sp³-hybridized carbons (Fsp3) is 0.476. The van der Waals surface area contributed by atoms with Gasteiger partial charge in [-0.2, -0.15) is 0 Å². The minimum Gasteiger partial charge on any atom is -0.497 e. The number of hydrogen-bond acceptors (Lipinski definition) is 5. The topological polar surface area (TPSA) is 77.2 Å². The summed E-state index contributed by atoms with van der Waals surface area (Å²) in [5.74, 6) is 2.03. The minimum absolute atomic E-state index is 0.512. The number of guanidine groups is 1. The number of aliphatic imine (C=N–C) groups is 1. The maximum absolute atomic E-state index is 5.66. The molecule has 1 aromatic carbocycles. The highest BCUT2D eigenvalue weighted by Crippen LogP contribution is 2.21. The van der Waals surface area contributed by atoms with E-state index in [0.717, 1.165) is 42.4 Å². The first kappa shape index (κ1) is 20.2. The van der Waals surface area contributed by atoms with Crippen molar-refractivity contribution in [1.29, 1.82) is 0 Å². The van der Waals surface area contributed by atoms with Crippen molar-refractivity contribution in [2.75, 3.05) is 33.4 Å². The van der Waals surface area contributed by atoms with Gasteiger partial charge in [0, 0.05) is 25.9 Å². The summed E-state index contributed by atoms with van der Waals surface area (Å²) < 4.78 is 21.9. The Balaban J connectivity index is 1.53. The second-order valence-corrected chi connectivity index (χ2v) is 6.78. The molecule has 0 atom stereocenters. The Labute approximate surface area is 166 Å². The van der Waals surface area contributed by atoms with Crippen LogP contribution in [-0.4, -0.2) is 45.2 Å². The Kier molecular flexibility index (Phi) is 7.33. The number of methoxy groups -OCH3 is 1. The fourth-order valence-electron chi connectivity index (χ4n) is 2.94. The van der Waals surface area contributed by atoms with Crippen molar-refractivity contribution in [1.82, 2.24) is 10.6 Å². The Bertz CT molecular complexity index is 723. The second-order valence-electron chi connectivity index (χ2n) is 6.78. The van der Waals surface area contributed by atoms with E-state index >= 15 is 0 Å². The summed E-state index contributed by atoms with van der Waals surface area (Å²) in [6, 6.07) is 11.8. The first-order valence-electron chi connectivity index (χ1n) is 9.62. The lowest BCUT2D eigenvalue weighted by molar-refractivity contribution is -0.145. The molecule has 0 spiro atoms. The first-order chi connectivity index (χ1) is 13.7. The minimum atomic E-state index is -0.512.